The molecule has 2 heterocycles. The van der Waals surface area contributed by atoms with Gasteiger partial charge in [-0.15, -0.1) is 0 Å². The highest BCUT2D eigenvalue weighted by Gasteiger charge is 2.43. The lowest BCUT2D eigenvalue weighted by Gasteiger charge is -2.51. The van der Waals surface area contributed by atoms with Crippen molar-refractivity contribution in [2.45, 2.75) is 44.8 Å². The average molecular weight is 483 g/mol. The molecule has 0 radical (unpaired) electrons. The van der Waals surface area contributed by atoms with Crippen LogP contribution in [0.2, 0.25) is 0 Å². The summed E-state index contributed by atoms with van der Waals surface area (Å²) in [7, 11) is 0. The fourth-order valence-corrected chi connectivity index (χ4v) is 5.52. The molecule has 2 aliphatic heterocycles. The first-order valence-electron chi connectivity index (χ1n) is 13.0. The lowest BCUT2D eigenvalue weighted by atomic mass is 9.91. The maximum absolute atomic E-state index is 14.0. The van der Waals surface area contributed by atoms with Crippen molar-refractivity contribution >= 4 is 23.4 Å². The average Bonchev–Trinajstić information content (AvgIpc) is 2.92. The predicted octanol–water partition coefficient (Wildman–Crippen LogP) is 6.13. The van der Waals surface area contributed by atoms with E-state index in [2.05, 4.69) is 17.0 Å². The molecule has 2 aliphatic rings. The molecule has 186 valence electrons. The zero-order valence-electron chi connectivity index (χ0n) is 20.9. The van der Waals surface area contributed by atoms with Crippen molar-refractivity contribution in [1.29, 1.82) is 0 Å². The largest absolute Gasteiger partial charge is 0.329 e. The van der Waals surface area contributed by atoms with E-state index >= 15 is 0 Å². The molecule has 0 aromatic heterocycles. The second-order valence-electron chi connectivity index (χ2n) is 9.62. The van der Waals surface area contributed by atoms with Gasteiger partial charge in [0.25, 0.3) is 0 Å². The van der Waals surface area contributed by atoms with Crippen LogP contribution in [-0.4, -0.2) is 58.5 Å². The summed E-state index contributed by atoms with van der Waals surface area (Å²) in [5.41, 5.74) is 2.82. The number of carbonyl (C=O) groups is 2. The third-order valence-corrected chi connectivity index (χ3v) is 7.30. The van der Waals surface area contributed by atoms with E-state index in [1.165, 1.54) is 0 Å². The van der Waals surface area contributed by atoms with Gasteiger partial charge in [0.1, 0.15) is 0 Å². The number of nitrogens with zero attached hydrogens (tertiary/aromatic N) is 4. The Morgan fingerprint density at radius 1 is 0.750 bits per heavy atom. The number of rotatable bonds is 5. The van der Waals surface area contributed by atoms with E-state index in [0.29, 0.717) is 26.2 Å². The van der Waals surface area contributed by atoms with E-state index < -0.39 is 0 Å². The van der Waals surface area contributed by atoms with Crippen LogP contribution < -0.4 is 4.90 Å². The molecule has 0 unspecified atom stereocenters. The van der Waals surface area contributed by atoms with Crippen molar-refractivity contribution in [3.05, 3.63) is 96.6 Å². The smallest absolute Gasteiger partial charge is 0.321 e. The van der Waals surface area contributed by atoms with Crippen LogP contribution in [0.1, 0.15) is 31.7 Å². The summed E-state index contributed by atoms with van der Waals surface area (Å²) in [6.45, 7) is 4.40. The Morgan fingerprint density at radius 2 is 1.25 bits per heavy atom. The molecule has 2 saturated heterocycles. The van der Waals surface area contributed by atoms with Crippen LogP contribution >= 0.6 is 0 Å². The zero-order chi connectivity index (χ0) is 24.9. The number of amides is 4. The first kappa shape index (κ1) is 23.9. The van der Waals surface area contributed by atoms with Crippen LogP contribution in [-0.2, 0) is 6.54 Å². The maximum Gasteiger partial charge on any atom is 0.329 e. The Labute approximate surface area is 213 Å². The molecule has 6 heteroatoms. The number of hydrogen-bond donors (Lipinski definition) is 0. The van der Waals surface area contributed by atoms with Crippen LogP contribution in [0.4, 0.5) is 21.0 Å². The minimum absolute atomic E-state index is 0.0342. The van der Waals surface area contributed by atoms with Crippen molar-refractivity contribution in [3.8, 4) is 0 Å². The van der Waals surface area contributed by atoms with Crippen molar-refractivity contribution in [3.63, 3.8) is 0 Å². The lowest BCUT2D eigenvalue weighted by molar-refractivity contribution is 0.0214. The summed E-state index contributed by atoms with van der Waals surface area (Å²) in [6.07, 6.45) is 2.93. The monoisotopic (exact) mass is 482 g/mol. The molecule has 0 saturated carbocycles. The highest BCUT2D eigenvalue weighted by Crippen LogP contribution is 2.33. The highest BCUT2D eigenvalue weighted by molar-refractivity contribution is 5.99. The minimum Gasteiger partial charge on any atom is -0.321 e. The van der Waals surface area contributed by atoms with Crippen LogP contribution in [0.5, 0.6) is 0 Å². The molecule has 3 aromatic rings. The first-order chi connectivity index (χ1) is 17.7. The summed E-state index contributed by atoms with van der Waals surface area (Å²) in [5.74, 6) is 0. The van der Waals surface area contributed by atoms with Crippen molar-refractivity contribution in [2.75, 3.05) is 24.5 Å². The molecule has 36 heavy (non-hydrogen) atoms. The molecule has 2 atom stereocenters. The van der Waals surface area contributed by atoms with E-state index in [9.17, 15) is 9.59 Å². The minimum atomic E-state index is -0.0342. The van der Waals surface area contributed by atoms with Crippen molar-refractivity contribution < 1.29 is 9.59 Å². The number of likely N-dealkylation sites (tertiary alicyclic amines) is 1. The van der Waals surface area contributed by atoms with Gasteiger partial charge >= 0.3 is 12.1 Å². The summed E-state index contributed by atoms with van der Waals surface area (Å²) in [4.78, 5) is 35.5. The van der Waals surface area contributed by atoms with Crippen LogP contribution in [0.15, 0.2) is 91.0 Å². The SMILES string of the molecule is CCN(Cc1ccccc1)C(=O)N1[C@@H]2CCC[C@H]1CN(C(=O)N(c1ccccc1)c1ccccc1)C2. The lowest BCUT2D eigenvalue weighted by Crippen LogP contribution is -2.66. The summed E-state index contributed by atoms with van der Waals surface area (Å²) >= 11 is 0. The van der Waals surface area contributed by atoms with E-state index in [-0.39, 0.29) is 24.1 Å². The van der Waals surface area contributed by atoms with Gasteiger partial charge in [-0.25, -0.2) is 9.59 Å². The molecular weight excluding hydrogens is 448 g/mol. The van der Waals surface area contributed by atoms with Gasteiger partial charge in [0.05, 0.1) is 23.5 Å². The summed E-state index contributed by atoms with van der Waals surface area (Å²) < 4.78 is 0. The zero-order valence-corrected chi connectivity index (χ0v) is 20.9. The Kier molecular flexibility index (Phi) is 7.21. The third-order valence-electron chi connectivity index (χ3n) is 7.30. The van der Waals surface area contributed by atoms with Gasteiger partial charge < -0.3 is 14.7 Å². The Morgan fingerprint density at radius 3 is 1.75 bits per heavy atom. The van der Waals surface area contributed by atoms with Crippen LogP contribution in [0.3, 0.4) is 0 Å². The number of anilines is 2. The summed E-state index contributed by atoms with van der Waals surface area (Å²) in [6, 6.07) is 29.9. The maximum atomic E-state index is 14.0. The van der Waals surface area contributed by atoms with E-state index in [1.807, 2.05) is 95.6 Å². The van der Waals surface area contributed by atoms with Gasteiger partial charge in [0, 0.05) is 26.2 Å². The molecule has 3 aromatic carbocycles. The number of piperazine rings is 1. The molecule has 4 amide bonds. The molecule has 5 rings (SSSR count). The van der Waals surface area contributed by atoms with Gasteiger partial charge in [-0.05, 0) is 56.0 Å². The third kappa shape index (κ3) is 4.94. The number of hydrogen-bond acceptors (Lipinski definition) is 2. The molecule has 6 nitrogen and oxygen atoms in total. The predicted molar refractivity (Wildman–Crippen MR) is 143 cm³/mol. The fraction of sp³-hybridized carbons (Fsp3) is 0.333. The number of piperidine rings is 1. The molecule has 0 aliphatic carbocycles. The van der Waals surface area contributed by atoms with Crippen LogP contribution in [0.25, 0.3) is 0 Å². The number of para-hydroxylation sites is 2. The van der Waals surface area contributed by atoms with Gasteiger partial charge in [0.2, 0.25) is 0 Å². The van der Waals surface area contributed by atoms with E-state index in [1.54, 1.807) is 4.90 Å². The Balaban J connectivity index is 1.36. The molecule has 0 N–H and O–H groups in total. The Hall–Kier alpha value is -3.80. The topological polar surface area (TPSA) is 47.1 Å². The molecule has 0 spiro atoms. The number of urea groups is 2. The first-order valence-corrected chi connectivity index (χ1v) is 13.0. The highest BCUT2D eigenvalue weighted by atomic mass is 16.2. The molecular formula is C30H34N4O2. The van der Waals surface area contributed by atoms with Crippen molar-refractivity contribution in [1.82, 2.24) is 14.7 Å². The second kappa shape index (κ2) is 10.9. The van der Waals surface area contributed by atoms with E-state index in [4.69, 9.17) is 0 Å². The van der Waals surface area contributed by atoms with Crippen LogP contribution in [0, 0.1) is 0 Å². The van der Waals surface area contributed by atoms with Gasteiger partial charge in [-0.2, -0.15) is 0 Å². The number of benzene rings is 3. The Bertz CT molecular complexity index is 1100. The fourth-order valence-electron chi connectivity index (χ4n) is 5.52. The van der Waals surface area contributed by atoms with Gasteiger partial charge in [-0.1, -0.05) is 66.7 Å². The van der Waals surface area contributed by atoms with E-state index in [0.717, 1.165) is 36.2 Å². The summed E-state index contributed by atoms with van der Waals surface area (Å²) in [5, 5.41) is 0. The van der Waals surface area contributed by atoms with Gasteiger partial charge in [-0.3, -0.25) is 4.90 Å². The molecule has 2 bridgehead atoms. The normalized spacial score (nSPS) is 19.0. The van der Waals surface area contributed by atoms with Crippen molar-refractivity contribution in [2.24, 2.45) is 0 Å². The standard InChI is InChI=1S/C30H34N4O2/c1-2-31(21-24-13-6-3-7-14-24)29(35)34-27-19-12-20-28(34)23-32(22-27)30(36)33(25-15-8-4-9-16-25)26-17-10-5-11-18-26/h3-11,13-18,27-28H,2,12,19-23H2,1H3/t27-,28+. The quantitative estimate of drug-likeness (QED) is 0.439. The second-order valence-corrected chi connectivity index (χ2v) is 9.62. The number of carbonyl (C=O) groups excluding carboxylic acids is 2. The number of fused-ring (bicyclic) bond motifs is 2. The molecule has 2 fully saturated rings. The van der Waals surface area contributed by atoms with Gasteiger partial charge in [0.15, 0.2) is 0 Å².